The molecule has 0 saturated carbocycles. The molecule has 0 amide bonds. The van der Waals surface area contributed by atoms with Gasteiger partial charge in [-0.1, -0.05) is 17.7 Å². The molecule has 0 saturated heterocycles. The fraction of sp³-hybridized carbons (Fsp3) is 0. The molecule has 0 bridgehead atoms. The van der Waals surface area contributed by atoms with Crippen molar-refractivity contribution in [3.8, 4) is 5.75 Å². The van der Waals surface area contributed by atoms with Crippen LogP contribution >= 0.6 is 11.6 Å². The highest BCUT2D eigenvalue weighted by Crippen LogP contribution is 2.20. The summed E-state index contributed by atoms with van der Waals surface area (Å²) in [6, 6.07) is 8.71. The Bertz CT molecular complexity index is 883. The first-order valence-electron chi connectivity index (χ1n) is 6.07. The fourth-order valence-corrected chi connectivity index (χ4v) is 2.62. The highest BCUT2D eigenvalue weighted by molar-refractivity contribution is 7.89. The maximum Gasteiger partial charge on any atom is 0.276 e. The van der Waals surface area contributed by atoms with Crippen molar-refractivity contribution in [3.63, 3.8) is 0 Å². The summed E-state index contributed by atoms with van der Waals surface area (Å²) in [5, 5.41) is 24.1. The maximum absolute atomic E-state index is 12.0. The van der Waals surface area contributed by atoms with Crippen molar-refractivity contribution in [2.75, 3.05) is 0 Å². The summed E-state index contributed by atoms with van der Waals surface area (Å²) in [5.41, 5.74) is -0.149. The van der Waals surface area contributed by atoms with Crippen LogP contribution in [-0.2, 0) is 10.0 Å². The van der Waals surface area contributed by atoms with E-state index in [0.29, 0.717) is 5.02 Å². The first kappa shape index (κ1) is 16.7. The summed E-state index contributed by atoms with van der Waals surface area (Å²) < 4.78 is 24.0. The molecule has 0 atom stereocenters. The molecule has 120 valence electrons. The van der Waals surface area contributed by atoms with Gasteiger partial charge in [0.2, 0.25) is 0 Å². The predicted molar refractivity (Wildman–Crippen MR) is 84.1 cm³/mol. The van der Waals surface area contributed by atoms with Gasteiger partial charge < -0.3 is 5.11 Å². The number of non-ortho nitro benzene ring substituents is 1. The Balaban J connectivity index is 2.22. The lowest BCUT2D eigenvalue weighted by atomic mass is 10.2. The van der Waals surface area contributed by atoms with Crippen molar-refractivity contribution in [2.45, 2.75) is 4.90 Å². The molecule has 2 aromatic rings. The fourth-order valence-electron chi connectivity index (χ4n) is 1.61. The van der Waals surface area contributed by atoms with Crippen LogP contribution in [0.1, 0.15) is 5.56 Å². The number of nitrogens with zero attached hydrogens (tertiary/aromatic N) is 2. The summed E-state index contributed by atoms with van der Waals surface area (Å²) >= 11 is 5.75. The monoisotopic (exact) mass is 355 g/mol. The van der Waals surface area contributed by atoms with E-state index in [1.54, 1.807) is 0 Å². The number of hydrogen-bond donors (Lipinski definition) is 2. The van der Waals surface area contributed by atoms with Gasteiger partial charge in [-0.3, -0.25) is 10.1 Å². The van der Waals surface area contributed by atoms with E-state index in [0.717, 1.165) is 12.3 Å². The van der Waals surface area contributed by atoms with E-state index in [4.69, 9.17) is 11.6 Å². The predicted octanol–water partition coefficient (Wildman–Crippen LogP) is 2.27. The van der Waals surface area contributed by atoms with Gasteiger partial charge in [0, 0.05) is 22.7 Å². The third-order valence-corrected chi connectivity index (χ3v) is 4.16. The van der Waals surface area contributed by atoms with Gasteiger partial charge in [-0.15, -0.1) is 0 Å². The van der Waals surface area contributed by atoms with Gasteiger partial charge in [-0.25, -0.2) is 4.83 Å². The number of hydrogen-bond acceptors (Lipinski definition) is 6. The van der Waals surface area contributed by atoms with E-state index >= 15 is 0 Å². The van der Waals surface area contributed by atoms with Crippen LogP contribution in [-0.4, -0.2) is 24.7 Å². The van der Waals surface area contributed by atoms with Gasteiger partial charge in [-0.05, 0) is 24.3 Å². The highest BCUT2D eigenvalue weighted by Gasteiger charge is 2.16. The largest absolute Gasteiger partial charge is 0.507 e. The number of nitro benzene ring substituents is 1. The minimum atomic E-state index is -4.08. The summed E-state index contributed by atoms with van der Waals surface area (Å²) in [5.74, 6) is -0.132. The first-order valence-corrected chi connectivity index (χ1v) is 7.93. The van der Waals surface area contributed by atoms with Gasteiger partial charge in [-0.2, -0.15) is 13.5 Å². The Hall–Kier alpha value is -2.65. The SMILES string of the molecule is O=[N+]([O-])c1cccc(S(=O)(=O)N/N=C/c2cc(Cl)ccc2O)c1. The number of aromatic hydroxyl groups is 1. The zero-order valence-corrected chi connectivity index (χ0v) is 13.0. The van der Waals surface area contributed by atoms with E-state index in [2.05, 4.69) is 5.10 Å². The molecule has 0 radical (unpaired) electrons. The topological polar surface area (TPSA) is 122 Å². The number of halogens is 1. The second kappa shape index (κ2) is 6.63. The summed E-state index contributed by atoms with van der Waals surface area (Å²) in [7, 11) is -4.08. The third-order valence-electron chi connectivity index (χ3n) is 2.70. The van der Waals surface area contributed by atoms with Crippen LogP contribution in [0.25, 0.3) is 0 Å². The number of phenols is 1. The molecule has 2 N–H and O–H groups in total. The van der Waals surface area contributed by atoms with Gasteiger partial charge in [0.15, 0.2) is 0 Å². The van der Waals surface area contributed by atoms with Crippen molar-refractivity contribution in [2.24, 2.45) is 5.10 Å². The van der Waals surface area contributed by atoms with Crippen molar-refractivity contribution >= 4 is 33.5 Å². The zero-order chi connectivity index (χ0) is 17.0. The van der Waals surface area contributed by atoms with Crippen LogP contribution in [0.15, 0.2) is 52.5 Å². The molecule has 0 spiro atoms. The molecule has 0 aromatic heterocycles. The van der Waals surface area contributed by atoms with Gasteiger partial charge in [0.1, 0.15) is 5.75 Å². The Kier molecular flexibility index (Phi) is 4.82. The van der Waals surface area contributed by atoms with Crippen molar-refractivity contribution < 1.29 is 18.4 Å². The molecule has 8 nitrogen and oxygen atoms in total. The van der Waals surface area contributed by atoms with E-state index < -0.39 is 14.9 Å². The minimum Gasteiger partial charge on any atom is -0.507 e. The van der Waals surface area contributed by atoms with Crippen LogP contribution in [0.4, 0.5) is 5.69 Å². The standard InChI is InChI=1S/C13H10ClN3O5S/c14-10-4-5-13(18)9(6-10)8-15-16-23(21,22)12-3-1-2-11(7-12)17(19)20/h1-8,16,18H/b15-8+. The van der Waals surface area contributed by atoms with E-state index in [1.807, 2.05) is 4.83 Å². The summed E-state index contributed by atoms with van der Waals surface area (Å²) in [6.45, 7) is 0. The highest BCUT2D eigenvalue weighted by atomic mass is 35.5. The number of benzene rings is 2. The first-order chi connectivity index (χ1) is 10.8. The molecule has 23 heavy (non-hydrogen) atoms. The van der Waals surface area contributed by atoms with Crippen LogP contribution in [0, 0.1) is 10.1 Å². The smallest absolute Gasteiger partial charge is 0.276 e. The summed E-state index contributed by atoms with van der Waals surface area (Å²) in [4.78, 5) is 11.6. The van der Waals surface area contributed by atoms with E-state index in [1.165, 1.54) is 36.4 Å². The molecule has 0 unspecified atom stereocenters. The number of nitrogens with one attached hydrogen (secondary N) is 1. The van der Waals surface area contributed by atoms with Crippen LogP contribution in [0.2, 0.25) is 5.02 Å². The van der Waals surface area contributed by atoms with E-state index in [-0.39, 0.29) is 21.9 Å². The molecule has 2 rings (SSSR count). The van der Waals surface area contributed by atoms with E-state index in [9.17, 15) is 23.6 Å². The lowest BCUT2D eigenvalue weighted by Gasteiger charge is -2.03. The molecule has 0 aliphatic carbocycles. The van der Waals surface area contributed by atoms with Crippen LogP contribution in [0.5, 0.6) is 5.75 Å². The Labute approximate surface area is 136 Å². The average Bonchev–Trinajstić information content (AvgIpc) is 2.50. The molecule has 2 aromatic carbocycles. The number of hydrazone groups is 1. The molecular weight excluding hydrogens is 346 g/mol. The molecule has 10 heteroatoms. The van der Waals surface area contributed by atoms with Crippen molar-refractivity contribution in [1.82, 2.24) is 4.83 Å². The Morgan fingerprint density at radius 2 is 2.00 bits per heavy atom. The lowest BCUT2D eigenvalue weighted by Crippen LogP contribution is -2.18. The Morgan fingerprint density at radius 3 is 2.70 bits per heavy atom. The lowest BCUT2D eigenvalue weighted by molar-refractivity contribution is -0.385. The normalized spacial score (nSPS) is 11.5. The van der Waals surface area contributed by atoms with Crippen LogP contribution < -0.4 is 4.83 Å². The quantitative estimate of drug-likeness (QED) is 0.484. The van der Waals surface area contributed by atoms with Gasteiger partial charge in [0.25, 0.3) is 15.7 Å². The zero-order valence-electron chi connectivity index (χ0n) is 11.4. The number of phenolic OH excluding ortho intramolecular Hbond substituents is 1. The minimum absolute atomic E-state index is 0.132. The maximum atomic E-state index is 12.0. The second-order valence-electron chi connectivity index (χ2n) is 4.31. The third kappa shape index (κ3) is 4.18. The summed E-state index contributed by atoms with van der Waals surface area (Å²) in [6.07, 6.45) is 1.07. The van der Waals surface area contributed by atoms with Crippen molar-refractivity contribution in [3.05, 3.63) is 63.2 Å². The Morgan fingerprint density at radius 1 is 1.26 bits per heavy atom. The molecule has 0 aliphatic rings. The molecule has 0 heterocycles. The van der Waals surface area contributed by atoms with Gasteiger partial charge >= 0.3 is 0 Å². The average molecular weight is 356 g/mol. The number of rotatable bonds is 5. The molecule has 0 aliphatic heterocycles. The van der Waals surface area contributed by atoms with Gasteiger partial charge in [0.05, 0.1) is 16.0 Å². The molecule has 0 fully saturated rings. The van der Waals surface area contributed by atoms with Crippen molar-refractivity contribution in [1.29, 1.82) is 0 Å². The number of nitro groups is 1. The van der Waals surface area contributed by atoms with Crippen LogP contribution in [0.3, 0.4) is 0 Å². The second-order valence-corrected chi connectivity index (χ2v) is 6.41. The molecular formula is C13H10ClN3O5S. The number of sulfonamides is 1.